The number of rotatable bonds is 2. The quantitative estimate of drug-likeness (QED) is 0.791. The predicted octanol–water partition coefficient (Wildman–Crippen LogP) is 4.09. The molecule has 2 heterocycles. The van der Waals surface area contributed by atoms with Crippen LogP contribution in [0.4, 0.5) is 4.39 Å². The van der Waals surface area contributed by atoms with Gasteiger partial charge in [0.15, 0.2) is 5.82 Å². The van der Waals surface area contributed by atoms with Crippen molar-refractivity contribution < 1.29 is 4.39 Å². The molecule has 0 saturated carbocycles. The molecule has 0 fully saturated rings. The van der Waals surface area contributed by atoms with Gasteiger partial charge in [-0.3, -0.25) is 0 Å². The second-order valence-electron chi connectivity index (χ2n) is 2.47. The first-order chi connectivity index (χ1) is 6.75. The summed E-state index contributed by atoms with van der Waals surface area (Å²) in [5.41, 5.74) is 0. The second-order valence-corrected chi connectivity index (χ2v) is 5.15. The van der Waals surface area contributed by atoms with Crippen LogP contribution in [-0.4, -0.2) is 4.98 Å². The molecule has 0 aliphatic heterocycles. The summed E-state index contributed by atoms with van der Waals surface area (Å²) in [6, 6.07) is 5.11. The maximum atomic E-state index is 13.3. The Morgan fingerprint density at radius 3 is 3.00 bits per heavy atom. The summed E-state index contributed by atoms with van der Waals surface area (Å²) in [6.07, 6.45) is 1.45. The van der Waals surface area contributed by atoms with E-state index in [0.29, 0.717) is 10.0 Å². The van der Waals surface area contributed by atoms with Gasteiger partial charge in [-0.05, 0) is 17.5 Å². The zero-order valence-corrected chi connectivity index (χ0v) is 9.30. The minimum absolute atomic E-state index is 0.318. The molecule has 0 aliphatic carbocycles. The standard InChI is InChI=1S/C9H5ClFNS2/c10-6-4-7(11)9(12-5-6)14-8-2-1-3-13-8/h1-5H. The molecule has 0 saturated heterocycles. The number of thiophene rings is 1. The summed E-state index contributed by atoms with van der Waals surface area (Å²) in [4.78, 5) is 3.92. The first kappa shape index (κ1) is 9.96. The van der Waals surface area contributed by atoms with E-state index in [9.17, 15) is 4.39 Å². The van der Waals surface area contributed by atoms with Crippen molar-refractivity contribution in [3.8, 4) is 0 Å². The molecule has 2 aromatic heterocycles. The molecule has 0 aliphatic rings. The number of nitrogens with zero attached hydrogens (tertiary/aromatic N) is 1. The average molecular weight is 246 g/mol. The third kappa shape index (κ3) is 2.26. The van der Waals surface area contributed by atoms with Crippen molar-refractivity contribution in [1.29, 1.82) is 0 Å². The molecule has 1 nitrogen and oxygen atoms in total. The number of hydrogen-bond donors (Lipinski definition) is 0. The van der Waals surface area contributed by atoms with Crippen molar-refractivity contribution in [2.45, 2.75) is 9.24 Å². The van der Waals surface area contributed by atoms with Gasteiger partial charge >= 0.3 is 0 Å². The van der Waals surface area contributed by atoms with Crippen LogP contribution in [0.2, 0.25) is 5.02 Å². The Hall–Kier alpha value is -0.580. The summed E-state index contributed by atoms with van der Waals surface area (Å²) in [6.45, 7) is 0. The van der Waals surface area contributed by atoms with Gasteiger partial charge in [-0.1, -0.05) is 29.4 Å². The van der Waals surface area contributed by atoms with Crippen molar-refractivity contribution in [3.05, 3.63) is 40.6 Å². The van der Waals surface area contributed by atoms with Crippen LogP contribution in [0.15, 0.2) is 39.0 Å². The van der Waals surface area contributed by atoms with Crippen LogP contribution in [0.3, 0.4) is 0 Å². The summed E-state index contributed by atoms with van der Waals surface area (Å²) in [7, 11) is 0. The van der Waals surface area contributed by atoms with Gasteiger partial charge in [0.1, 0.15) is 5.03 Å². The van der Waals surface area contributed by atoms with Crippen LogP contribution in [0.25, 0.3) is 0 Å². The number of hydrogen-bond acceptors (Lipinski definition) is 3. The molecule has 72 valence electrons. The van der Waals surface area contributed by atoms with Crippen molar-refractivity contribution in [2.24, 2.45) is 0 Å². The van der Waals surface area contributed by atoms with Crippen LogP contribution in [-0.2, 0) is 0 Å². The van der Waals surface area contributed by atoms with Gasteiger partial charge in [-0.2, -0.15) is 0 Å². The predicted molar refractivity (Wildman–Crippen MR) is 57.6 cm³/mol. The monoisotopic (exact) mass is 245 g/mol. The normalized spacial score (nSPS) is 10.4. The Bertz CT molecular complexity index is 430. The van der Waals surface area contributed by atoms with Crippen molar-refractivity contribution >= 4 is 34.7 Å². The Kier molecular flexibility index (Phi) is 3.05. The summed E-state index contributed by atoms with van der Waals surface area (Å²) >= 11 is 8.45. The van der Waals surface area contributed by atoms with Crippen LogP contribution in [0.1, 0.15) is 0 Å². The zero-order chi connectivity index (χ0) is 9.97. The molecule has 0 N–H and O–H groups in total. The number of aromatic nitrogens is 1. The molecule has 0 atom stereocenters. The summed E-state index contributed by atoms with van der Waals surface area (Å²) in [5, 5.41) is 2.62. The maximum Gasteiger partial charge on any atom is 0.157 e. The van der Waals surface area contributed by atoms with E-state index in [-0.39, 0.29) is 5.82 Å². The van der Waals surface area contributed by atoms with Gasteiger partial charge < -0.3 is 0 Å². The number of halogens is 2. The largest absolute Gasteiger partial charge is 0.245 e. The summed E-state index contributed by atoms with van der Waals surface area (Å²) in [5.74, 6) is -0.379. The fourth-order valence-electron chi connectivity index (χ4n) is 0.894. The molecule has 2 rings (SSSR count). The van der Waals surface area contributed by atoms with Gasteiger partial charge in [0.05, 0.1) is 9.23 Å². The first-order valence-electron chi connectivity index (χ1n) is 3.78. The average Bonchev–Trinajstić information content (AvgIpc) is 2.62. The fraction of sp³-hybridized carbons (Fsp3) is 0. The Labute approximate surface area is 93.9 Å². The van der Waals surface area contributed by atoms with Crippen molar-refractivity contribution in [3.63, 3.8) is 0 Å². The Morgan fingerprint density at radius 1 is 1.50 bits per heavy atom. The lowest BCUT2D eigenvalue weighted by Gasteiger charge is -1.99. The SMILES string of the molecule is Fc1cc(Cl)cnc1Sc1cccs1. The van der Waals surface area contributed by atoms with Gasteiger partial charge in [-0.25, -0.2) is 9.37 Å². The summed E-state index contributed by atoms with van der Waals surface area (Å²) < 4.78 is 14.3. The molecule has 0 radical (unpaired) electrons. The maximum absolute atomic E-state index is 13.3. The molecule has 0 amide bonds. The molecule has 5 heteroatoms. The highest BCUT2D eigenvalue weighted by Gasteiger charge is 2.06. The Balaban J connectivity index is 2.25. The Morgan fingerprint density at radius 2 is 2.36 bits per heavy atom. The van der Waals surface area contributed by atoms with E-state index in [4.69, 9.17) is 11.6 Å². The van der Waals surface area contributed by atoms with E-state index >= 15 is 0 Å². The zero-order valence-electron chi connectivity index (χ0n) is 6.91. The van der Waals surface area contributed by atoms with E-state index < -0.39 is 0 Å². The van der Waals surface area contributed by atoms with E-state index in [2.05, 4.69) is 4.98 Å². The third-order valence-electron chi connectivity index (χ3n) is 1.47. The van der Waals surface area contributed by atoms with Gasteiger partial charge in [0, 0.05) is 6.20 Å². The molecule has 14 heavy (non-hydrogen) atoms. The molecular formula is C9H5ClFNS2. The molecule has 0 bridgehead atoms. The van der Waals surface area contributed by atoms with Crippen molar-refractivity contribution in [1.82, 2.24) is 4.98 Å². The van der Waals surface area contributed by atoms with Crippen molar-refractivity contribution in [2.75, 3.05) is 0 Å². The van der Waals surface area contributed by atoms with Crippen LogP contribution >= 0.6 is 34.7 Å². The smallest absolute Gasteiger partial charge is 0.157 e. The minimum atomic E-state index is -0.379. The van der Waals surface area contributed by atoms with Crippen LogP contribution < -0.4 is 0 Å². The van der Waals surface area contributed by atoms with E-state index in [1.165, 1.54) is 24.0 Å². The van der Waals surface area contributed by atoms with E-state index in [1.54, 1.807) is 11.3 Å². The van der Waals surface area contributed by atoms with E-state index in [1.807, 2.05) is 17.5 Å². The minimum Gasteiger partial charge on any atom is -0.245 e. The van der Waals surface area contributed by atoms with Gasteiger partial charge in [0.2, 0.25) is 0 Å². The van der Waals surface area contributed by atoms with Gasteiger partial charge in [-0.15, -0.1) is 11.3 Å². The molecular weight excluding hydrogens is 241 g/mol. The lowest BCUT2D eigenvalue weighted by Crippen LogP contribution is -1.84. The topological polar surface area (TPSA) is 12.9 Å². The molecule has 0 unspecified atom stereocenters. The highest BCUT2D eigenvalue weighted by Crippen LogP contribution is 2.31. The lowest BCUT2D eigenvalue weighted by molar-refractivity contribution is 0.588. The number of pyridine rings is 1. The first-order valence-corrected chi connectivity index (χ1v) is 5.85. The highest BCUT2D eigenvalue weighted by atomic mass is 35.5. The molecule has 0 spiro atoms. The third-order valence-corrected chi connectivity index (χ3v) is 3.70. The van der Waals surface area contributed by atoms with Crippen LogP contribution in [0, 0.1) is 5.82 Å². The second kappa shape index (κ2) is 4.29. The fourth-order valence-corrected chi connectivity index (χ4v) is 2.68. The molecule has 2 aromatic rings. The lowest BCUT2D eigenvalue weighted by atomic mass is 10.5. The molecule has 0 aromatic carbocycles. The van der Waals surface area contributed by atoms with Gasteiger partial charge in [0.25, 0.3) is 0 Å². The highest BCUT2D eigenvalue weighted by molar-refractivity contribution is 8.01. The van der Waals surface area contributed by atoms with E-state index in [0.717, 1.165) is 4.21 Å². The van der Waals surface area contributed by atoms with Crippen LogP contribution in [0.5, 0.6) is 0 Å².